The standard InChI is InChI=1S/C10H21NO3/c1-11-7-9-3-4-10(14-9)8-13-6-5-12-2/h9-11H,3-8H2,1-2H3. The molecule has 14 heavy (non-hydrogen) atoms. The minimum atomic E-state index is 0.283. The first kappa shape index (κ1) is 11.9. The minimum Gasteiger partial charge on any atom is -0.382 e. The molecule has 0 aromatic heterocycles. The van der Waals surface area contributed by atoms with Crippen LogP contribution in [0.5, 0.6) is 0 Å². The van der Waals surface area contributed by atoms with E-state index >= 15 is 0 Å². The van der Waals surface area contributed by atoms with Gasteiger partial charge in [-0.2, -0.15) is 0 Å². The summed E-state index contributed by atoms with van der Waals surface area (Å²) in [5, 5.41) is 3.12. The number of nitrogens with one attached hydrogen (secondary N) is 1. The fourth-order valence-corrected chi connectivity index (χ4v) is 1.64. The van der Waals surface area contributed by atoms with Gasteiger partial charge < -0.3 is 19.5 Å². The smallest absolute Gasteiger partial charge is 0.0813 e. The molecule has 1 N–H and O–H groups in total. The van der Waals surface area contributed by atoms with Crippen molar-refractivity contribution in [3.8, 4) is 0 Å². The third-order valence-corrected chi connectivity index (χ3v) is 2.36. The zero-order chi connectivity index (χ0) is 10.2. The quantitative estimate of drug-likeness (QED) is 0.609. The lowest BCUT2D eigenvalue weighted by Crippen LogP contribution is -2.25. The van der Waals surface area contributed by atoms with Gasteiger partial charge in [-0.3, -0.25) is 0 Å². The second-order valence-corrected chi connectivity index (χ2v) is 3.58. The molecule has 2 atom stereocenters. The number of rotatable bonds is 7. The fourth-order valence-electron chi connectivity index (χ4n) is 1.64. The Labute approximate surface area is 85.9 Å². The predicted octanol–water partition coefficient (Wildman–Crippen LogP) is 0.416. The second kappa shape index (κ2) is 7.17. The Hall–Kier alpha value is -0.160. The number of hydrogen-bond donors (Lipinski definition) is 1. The van der Waals surface area contributed by atoms with Crippen molar-refractivity contribution in [1.82, 2.24) is 5.32 Å². The molecule has 0 bridgehead atoms. The van der Waals surface area contributed by atoms with Gasteiger partial charge in [0.25, 0.3) is 0 Å². The van der Waals surface area contributed by atoms with Gasteiger partial charge in [0.15, 0.2) is 0 Å². The monoisotopic (exact) mass is 203 g/mol. The number of ether oxygens (including phenoxy) is 3. The summed E-state index contributed by atoms with van der Waals surface area (Å²) in [5.41, 5.74) is 0. The zero-order valence-corrected chi connectivity index (χ0v) is 9.12. The van der Waals surface area contributed by atoms with Crippen molar-refractivity contribution in [2.75, 3.05) is 40.5 Å². The van der Waals surface area contributed by atoms with Gasteiger partial charge in [0.1, 0.15) is 0 Å². The normalized spacial score (nSPS) is 27.0. The maximum absolute atomic E-state index is 5.75. The summed E-state index contributed by atoms with van der Waals surface area (Å²) in [7, 11) is 3.63. The zero-order valence-electron chi connectivity index (χ0n) is 9.12. The topological polar surface area (TPSA) is 39.7 Å². The van der Waals surface area contributed by atoms with Crippen molar-refractivity contribution in [2.24, 2.45) is 0 Å². The van der Waals surface area contributed by atoms with E-state index in [2.05, 4.69) is 5.32 Å². The molecule has 0 amide bonds. The Kier molecular flexibility index (Phi) is 6.10. The van der Waals surface area contributed by atoms with Gasteiger partial charge in [-0.25, -0.2) is 0 Å². The van der Waals surface area contributed by atoms with E-state index in [1.165, 1.54) is 0 Å². The van der Waals surface area contributed by atoms with E-state index < -0.39 is 0 Å². The van der Waals surface area contributed by atoms with E-state index in [-0.39, 0.29) is 6.10 Å². The van der Waals surface area contributed by atoms with Crippen LogP contribution in [0.15, 0.2) is 0 Å². The summed E-state index contributed by atoms with van der Waals surface area (Å²) in [4.78, 5) is 0. The Bertz CT molecular complexity index is 143. The largest absolute Gasteiger partial charge is 0.382 e. The molecule has 1 aliphatic rings. The van der Waals surface area contributed by atoms with Gasteiger partial charge in [0.2, 0.25) is 0 Å². The maximum Gasteiger partial charge on any atom is 0.0813 e. The Balaban J connectivity index is 1.98. The summed E-state index contributed by atoms with van der Waals surface area (Å²) in [6.07, 6.45) is 2.90. The summed E-state index contributed by atoms with van der Waals surface area (Å²) < 4.78 is 16.1. The van der Waals surface area contributed by atoms with E-state index in [9.17, 15) is 0 Å². The van der Waals surface area contributed by atoms with Crippen molar-refractivity contribution >= 4 is 0 Å². The van der Waals surface area contributed by atoms with Gasteiger partial charge in [-0.1, -0.05) is 0 Å². The van der Waals surface area contributed by atoms with Crippen LogP contribution in [0.1, 0.15) is 12.8 Å². The van der Waals surface area contributed by atoms with E-state index in [0.717, 1.165) is 19.4 Å². The van der Waals surface area contributed by atoms with Crippen molar-refractivity contribution in [2.45, 2.75) is 25.0 Å². The molecule has 0 aromatic carbocycles. The van der Waals surface area contributed by atoms with Crippen LogP contribution < -0.4 is 5.32 Å². The molecule has 84 valence electrons. The highest BCUT2D eigenvalue weighted by atomic mass is 16.6. The third kappa shape index (κ3) is 4.37. The average molecular weight is 203 g/mol. The molecule has 4 nitrogen and oxygen atoms in total. The van der Waals surface area contributed by atoms with E-state index in [1.807, 2.05) is 7.05 Å². The molecule has 0 radical (unpaired) electrons. The molecule has 1 heterocycles. The maximum atomic E-state index is 5.75. The summed E-state index contributed by atoms with van der Waals surface area (Å²) >= 11 is 0. The van der Waals surface area contributed by atoms with Gasteiger partial charge in [0, 0.05) is 13.7 Å². The van der Waals surface area contributed by atoms with E-state index in [4.69, 9.17) is 14.2 Å². The van der Waals surface area contributed by atoms with Crippen LogP contribution >= 0.6 is 0 Å². The van der Waals surface area contributed by atoms with Crippen LogP contribution in [0, 0.1) is 0 Å². The highest BCUT2D eigenvalue weighted by Crippen LogP contribution is 2.19. The molecular formula is C10H21NO3. The van der Waals surface area contributed by atoms with Crippen molar-refractivity contribution in [1.29, 1.82) is 0 Å². The summed E-state index contributed by atoms with van der Waals surface area (Å²) in [5.74, 6) is 0. The highest BCUT2D eigenvalue weighted by Gasteiger charge is 2.24. The van der Waals surface area contributed by atoms with Crippen LogP contribution in [0.4, 0.5) is 0 Å². The number of hydrogen-bond acceptors (Lipinski definition) is 4. The first-order valence-electron chi connectivity index (χ1n) is 5.23. The van der Waals surface area contributed by atoms with E-state index in [0.29, 0.717) is 25.9 Å². The van der Waals surface area contributed by atoms with Gasteiger partial charge in [-0.15, -0.1) is 0 Å². The van der Waals surface area contributed by atoms with Crippen LogP contribution in [0.2, 0.25) is 0 Å². The van der Waals surface area contributed by atoms with Crippen LogP contribution in [-0.2, 0) is 14.2 Å². The fraction of sp³-hybridized carbons (Fsp3) is 1.00. The van der Waals surface area contributed by atoms with Crippen molar-refractivity contribution in [3.63, 3.8) is 0 Å². The minimum absolute atomic E-state index is 0.283. The van der Waals surface area contributed by atoms with Crippen molar-refractivity contribution in [3.05, 3.63) is 0 Å². The van der Waals surface area contributed by atoms with Crippen LogP contribution in [0.25, 0.3) is 0 Å². The third-order valence-electron chi connectivity index (χ3n) is 2.36. The lowest BCUT2D eigenvalue weighted by atomic mass is 10.2. The SMILES string of the molecule is CNCC1CCC(COCCOC)O1. The molecule has 1 saturated heterocycles. The molecule has 0 spiro atoms. The van der Waals surface area contributed by atoms with Gasteiger partial charge >= 0.3 is 0 Å². The molecular weight excluding hydrogens is 182 g/mol. The molecule has 1 fully saturated rings. The predicted molar refractivity (Wildman–Crippen MR) is 54.5 cm³/mol. The highest BCUT2D eigenvalue weighted by molar-refractivity contribution is 4.74. The Morgan fingerprint density at radius 3 is 2.79 bits per heavy atom. The first-order chi connectivity index (χ1) is 6.86. The van der Waals surface area contributed by atoms with Gasteiger partial charge in [-0.05, 0) is 19.9 Å². The van der Waals surface area contributed by atoms with Crippen molar-refractivity contribution < 1.29 is 14.2 Å². The average Bonchev–Trinajstić information content (AvgIpc) is 2.61. The molecule has 4 heteroatoms. The molecule has 1 rings (SSSR count). The molecule has 0 aliphatic carbocycles. The molecule has 1 aliphatic heterocycles. The lowest BCUT2D eigenvalue weighted by Gasteiger charge is -2.13. The summed E-state index contributed by atoms with van der Waals surface area (Å²) in [6.45, 7) is 2.96. The number of likely N-dealkylation sites (N-methyl/N-ethyl adjacent to an activating group) is 1. The molecule has 2 unspecified atom stereocenters. The second-order valence-electron chi connectivity index (χ2n) is 3.58. The molecule has 0 aromatic rings. The molecule has 0 saturated carbocycles. The van der Waals surface area contributed by atoms with Crippen LogP contribution in [-0.4, -0.2) is 52.7 Å². The van der Waals surface area contributed by atoms with E-state index in [1.54, 1.807) is 7.11 Å². The first-order valence-corrected chi connectivity index (χ1v) is 5.23. The summed E-state index contributed by atoms with van der Waals surface area (Å²) in [6, 6.07) is 0. The Morgan fingerprint density at radius 2 is 2.07 bits per heavy atom. The van der Waals surface area contributed by atoms with Crippen LogP contribution in [0.3, 0.4) is 0 Å². The Morgan fingerprint density at radius 1 is 1.29 bits per heavy atom. The number of methoxy groups -OCH3 is 1. The lowest BCUT2D eigenvalue weighted by molar-refractivity contribution is -0.0239. The van der Waals surface area contributed by atoms with Gasteiger partial charge in [0.05, 0.1) is 32.0 Å².